The Morgan fingerprint density at radius 3 is 2.62 bits per heavy atom. The zero-order chi connectivity index (χ0) is 18.8. The van der Waals surface area contributed by atoms with Crippen LogP contribution in [0.5, 0.6) is 0 Å². The Bertz CT molecular complexity index is 883. The zero-order valence-corrected chi connectivity index (χ0v) is 15.0. The summed E-state index contributed by atoms with van der Waals surface area (Å²) in [6.07, 6.45) is -0.805. The van der Waals surface area contributed by atoms with E-state index in [0.29, 0.717) is 27.9 Å². The van der Waals surface area contributed by atoms with Crippen LogP contribution in [-0.2, 0) is 9.47 Å². The van der Waals surface area contributed by atoms with E-state index in [1.807, 2.05) is 12.1 Å². The Morgan fingerprint density at radius 1 is 1.27 bits per heavy atom. The monoisotopic (exact) mass is 375 g/mol. The Morgan fingerprint density at radius 2 is 1.96 bits per heavy atom. The topological polar surface area (TPSA) is 125 Å². The molecule has 136 valence electrons. The van der Waals surface area contributed by atoms with E-state index in [0.717, 1.165) is 5.56 Å². The summed E-state index contributed by atoms with van der Waals surface area (Å²) in [5.74, 6) is 0.527. The van der Waals surface area contributed by atoms with E-state index in [2.05, 4.69) is 15.3 Å². The molecule has 8 nitrogen and oxygen atoms in total. The average Bonchev–Trinajstić information content (AvgIpc) is 2.57. The summed E-state index contributed by atoms with van der Waals surface area (Å²) in [7, 11) is 0. The molecule has 0 radical (unpaired) electrons. The Balaban J connectivity index is 2.15. The van der Waals surface area contributed by atoms with Crippen molar-refractivity contribution in [1.29, 1.82) is 0 Å². The normalized spacial score (nSPS) is 15.9. The van der Waals surface area contributed by atoms with Gasteiger partial charge in [0.15, 0.2) is 0 Å². The average molecular weight is 376 g/mol. The summed E-state index contributed by atoms with van der Waals surface area (Å²) < 4.78 is 10.4. The van der Waals surface area contributed by atoms with Crippen LogP contribution in [0.2, 0.25) is 5.02 Å². The molecule has 0 aliphatic carbocycles. The fraction of sp³-hybridized carbons (Fsp3) is 0.235. The summed E-state index contributed by atoms with van der Waals surface area (Å²) in [5, 5.41) is 3.64. The third-order valence-corrected chi connectivity index (χ3v) is 4.13. The molecule has 0 saturated heterocycles. The molecule has 1 aromatic carbocycles. The van der Waals surface area contributed by atoms with Crippen molar-refractivity contribution in [3.05, 3.63) is 51.9 Å². The number of nitrogens with two attached hydrogens (primary N) is 2. The molecule has 0 amide bonds. The van der Waals surface area contributed by atoms with Crippen LogP contribution in [0.4, 0.5) is 22.4 Å². The lowest BCUT2D eigenvalue weighted by atomic mass is 9.87. The molecule has 2 heterocycles. The minimum Gasteiger partial charge on any atom is -0.434 e. The largest absolute Gasteiger partial charge is 0.513 e. The fourth-order valence-electron chi connectivity index (χ4n) is 2.82. The molecular formula is C17H18ClN5O3. The molecule has 5 N–H and O–H groups in total. The lowest BCUT2D eigenvalue weighted by Gasteiger charge is -2.30. The number of hydrogen-bond donors (Lipinski definition) is 3. The van der Waals surface area contributed by atoms with Gasteiger partial charge in [-0.1, -0.05) is 23.7 Å². The highest BCUT2D eigenvalue weighted by molar-refractivity contribution is 6.30. The minimum atomic E-state index is -0.805. The van der Waals surface area contributed by atoms with Gasteiger partial charge in [0, 0.05) is 5.02 Å². The Kier molecular flexibility index (Phi) is 4.85. The number of halogens is 1. The van der Waals surface area contributed by atoms with Gasteiger partial charge in [-0.3, -0.25) is 0 Å². The minimum absolute atomic E-state index is 0.0474. The van der Waals surface area contributed by atoms with Crippen LogP contribution in [0.3, 0.4) is 0 Å². The quantitative estimate of drug-likeness (QED) is 0.698. The maximum absolute atomic E-state index is 11.9. The number of fused-ring (bicyclic) bond motifs is 1. The molecule has 0 spiro atoms. The van der Waals surface area contributed by atoms with Crippen LogP contribution < -0.4 is 16.8 Å². The van der Waals surface area contributed by atoms with Crippen molar-refractivity contribution in [1.82, 2.24) is 9.97 Å². The van der Waals surface area contributed by atoms with Crippen molar-refractivity contribution < 1.29 is 14.3 Å². The molecule has 1 aliphatic rings. The molecule has 0 bridgehead atoms. The number of nitrogens with one attached hydrogen (secondary N) is 1. The smallest absolute Gasteiger partial charge is 0.434 e. The Hall–Kier alpha value is -3.00. The number of rotatable bonds is 3. The van der Waals surface area contributed by atoms with Crippen LogP contribution in [0.1, 0.15) is 30.9 Å². The zero-order valence-electron chi connectivity index (χ0n) is 14.2. The van der Waals surface area contributed by atoms with E-state index < -0.39 is 12.1 Å². The molecule has 1 unspecified atom stereocenters. The van der Waals surface area contributed by atoms with Crippen LogP contribution in [0.25, 0.3) is 0 Å². The molecule has 0 fully saturated rings. The summed E-state index contributed by atoms with van der Waals surface area (Å²) >= 11 is 6.00. The van der Waals surface area contributed by atoms with Crippen LogP contribution >= 0.6 is 11.6 Å². The lowest BCUT2D eigenvalue weighted by Crippen LogP contribution is -2.24. The summed E-state index contributed by atoms with van der Waals surface area (Å²) in [5.41, 5.74) is 13.8. The lowest BCUT2D eigenvalue weighted by molar-refractivity contribution is 0.0778. The van der Waals surface area contributed by atoms with Gasteiger partial charge < -0.3 is 26.3 Å². The standard InChI is InChI=1S/C17H18ClN5O3/c1-3-25-17(24)26-13-8(2)21-15-12(14(19)22-16(20)23-15)11(13)9-4-6-10(18)7-5-9/h4-7,11H,3H2,1-2H3,(H5,19,20,21,22,23). The van der Waals surface area contributed by atoms with Crippen molar-refractivity contribution in [2.45, 2.75) is 19.8 Å². The molecule has 26 heavy (non-hydrogen) atoms. The van der Waals surface area contributed by atoms with E-state index in [1.165, 1.54) is 0 Å². The van der Waals surface area contributed by atoms with Gasteiger partial charge in [-0.2, -0.15) is 9.97 Å². The third-order valence-electron chi connectivity index (χ3n) is 3.88. The number of carbonyl (C=O) groups is 1. The highest BCUT2D eigenvalue weighted by Crippen LogP contribution is 2.44. The number of nitrogen functional groups attached to an aromatic ring is 2. The maximum Gasteiger partial charge on any atom is 0.513 e. The van der Waals surface area contributed by atoms with E-state index in [4.69, 9.17) is 32.5 Å². The number of allylic oxidation sites excluding steroid dienone is 2. The predicted molar refractivity (Wildman–Crippen MR) is 98.6 cm³/mol. The van der Waals surface area contributed by atoms with Crippen molar-refractivity contribution in [2.24, 2.45) is 0 Å². The first-order chi connectivity index (χ1) is 12.4. The first-order valence-electron chi connectivity index (χ1n) is 7.91. The molecule has 2 aromatic rings. The highest BCUT2D eigenvalue weighted by Gasteiger charge is 2.34. The number of nitrogens with zero attached hydrogens (tertiary/aromatic N) is 2. The summed E-state index contributed by atoms with van der Waals surface area (Å²) in [4.78, 5) is 20.2. The second-order valence-electron chi connectivity index (χ2n) is 5.61. The van der Waals surface area contributed by atoms with E-state index in [9.17, 15) is 4.79 Å². The van der Waals surface area contributed by atoms with Gasteiger partial charge in [0.2, 0.25) is 5.95 Å². The number of benzene rings is 1. The number of ether oxygens (including phenoxy) is 2. The van der Waals surface area contributed by atoms with Crippen molar-refractivity contribution >= 4 is 35.3 Å². The molecule has 9 heteroatoms. The second-order valence-corrected chi connectivity index (χ2v) is 6.05. The van der Waals surface area contributed by atoms with E-state index in [1.54, 1.807) is 26.0 Å². The fourth-order valence-corrected chi connectivity index (χ4v) is 2.94. The third kappa shape index (κ3) is 3.36. The van der Waals surface area contributed by atoms with Gasteiger partial charge in [0.1, 0.15) is 17.4 Å². The SMILES string of the molecule is CCOC(=O)OC1=C(C)Nc2nc(N)nc(N)c2C1c1ccc(Cl)cc1. The summed E-state index contributed by atoms with van der Waals surface area (Å²) in [6.45, 7) is 3.65. The van der Waals surface area contributed by atoms with Gasteiger partial charge in [-0.25, -0.2) is 4.79 Å². The van der Waals surface area contributed by atoms with E-state index in [-0.39, 0.29) is 18.4 Å². The number of hydrogen-bond acceptors (Lipinski definition) is 8. The van der Waals surface area contributed by atoms with Gasteiger partial charge >= 0.3 is 6.16 Å². The second kappa shape index (κ2) is 7.09. The molecule has 1 atom stereocenters. The van der Waals surface area contributed by atoms with E-state index >= 15 is 0 Å². The summed E-state index contributed by atoms with van der Waals surface area (Å²) in [6, 6.07) is 7.12. The first-order valence-corrected chi connectivity index (χ1v) is 8.29. The molecule has 1 aromatic heterocycles. The van der Waals surface area contributed by atoms with Crippen molar-refractivity contribution in [2.75, 3.05) is 23.4 Å². The van der Waals surface area contributed by atoms with Crippen LogP contribution in [-0.4, -0.2) is 22.7 Å². The molecule has 1 aliphatic heterocycles. The number of anilines is 3. The van der Waals surface area contributed by atoms with Gasteiger partial charge in [0.25, 0.3) is 0 Å². The van der Waals surface area contributed by atoms with Gasteiger partial charge in [-0.05, 0) is 31.5 Å². The predicted octanol–water partition coefficient (Wildman–Crippen LogP) is 3.26. The molecule has 0 saturated carbocycles. The van der Waals surface area contributed by atoms with Crippen LogP contribution in [0.15, 0.2) is 35.7 Å². The molecular weight excluding hydrogens is 358 g/mol. The number of aromatic nitrogens is 2. The first kappa shape index (κ1) is 17.8. The van der Waals surface area contributed by atoms with Crippen molar-refractivity contribution in [3.8, 4) is 0 Å². The van der Waals surface area contributed by atoms with Crippen molar-refractivity contribution in [3.63, 3.8) is 0 Å². The number of carbonyl (C=O) groups excluding carboxylic acids is 1. The Labute approximate surface area is 155 Å². The van der Waals surface area contributed by atoms with Crippen LogP contribution in [0, 0.1) is 0 Å². The van der Waals surface area contributed by atoms with Gasteiger partial charge in [0.05, 0.1) is 23.8 Å². The maximum atomic E-state index is 11.9. The van der Waals surface area contributed by atoms with Gasteiger partial charge in [-0.15, -0.1) is 0 Å². The molecule has 3 rings (SSSR count). The highest BCUT2D eigenvalue weighted by atomic mass is 35.5.